The van der Waals surface area contributed by atoms with Gasteiger partial charge in [-0.3, -0.25) is 11.3 Å². The third-order valence-electron chi connectivity index (χ3n) is 4.96. The first-order chi connectivity index (χ1) is 8.25. The maximum atomic E-state index is 13.8. The van der Waals surface area contributed by atoms with Crippen LogP contribution in [0.5, 0.6) is 0 Å². The van der Waals surface area contributed by atoms with Gasteiger partial charge in [-0.25, -0.2) is 8.78 Å². The van der Waals surface area contributed by atoms with E-state index in [0.29, 0.717) is 0 Å². The smallest absolute Gasteiger partial charge is 0.130 e. The fourth-order valence-corrected chi connectivity index (χ4v) is 3.23. The summed E-state index contributed by atoms with van der Waals surface area (Å²) in [6, 6.07) is 3.40. The number of hydrazine groups is 1. The number of rotatable bonds is 3. The molecule has 0 heterocycles. The molecule has 1 aromatic rings. The highest BCUT2D eigenvalue weighted by Gasteiger charge is 2.67. The van der Waals surface area contributed by atoms with Crippen LogP contribution in [0.3, 0.4) is 0 Å². The van der Waals surface area contributed by atoms with Crippen LogP contribution in [-0.2, 0) is 0 Å². The van der Waals surface area contributed by atoms with Crippen molar-refractivity contribution in [2.75, 3.05) is 0 Å². The standard InChI is InChI=1S/C14H20F2N2/c1-13(2)12(14(13,3)4)11(18-17)10-8(15)6-5-7-9(10)16/h5-7,11-12,18H,17H2,1-4H3. The van der Waals surface area contributed by atoms with Crippen LogP contribution in [0.4, 0.5) is 8.78 Å². The van der Waals surface area contributed by atoms with Gasteiger partial charge in [0.25, 0.3) is 0 Å². The molecule has 18 heavy (non-hydrogen) atoms. The van der Waals surface area contributed by atoms with Gasteiger partial charge in [-0.15, -0.1) is 0 Å². The zero-order valence-corrected chi connectivity index (χ0v) is 11.2. The van der Waals surface area contributed by atoms with Crippen molar-refractivity contribution in [2.45, 2.75) is 33.7 Å². The number of hydrogen-bond donors (Lipinski definition) is 2. The van der Waals surface area contributed by atoms with Crippen LogP contribution in [0, 0.1) is 28.4 Å². The molecule has 2 nitrogen and oxygen atoms in total. The zero-order chi connectivity index (χ0) is 13.7. The second-order valence-corrected chi connectivity index (χ2v) is 6.20. The molecule has 0 spiro atoms. The van der Waals surface area contributed by atoms with E-state index in [1.165, 1.54) is 18.2 Å². The maximum absolute atomic E-state index is 13.8. The number of hydrogen-bond acceptors (Lipinski definition) is 2. The second-order valence-electron chi connectivity index (χ2n) is 6.20. The van der Waals surface area contributed by atoms with E-state index in [1.807, 2.05) is 0 Å². The van der Waals surface area contributed by atoms with Gasteiger partial charge in [-0.2, -0.15) is 0 Å². The van der Waals surface area contributed by atoms with Gasteiger partial charge in [-0.1, -0.05) is 33.8 Å². The number of nitrogens with two attached hydrogens (primary N) is 1. The fourth-order valence-electron chi connectivity index (χ4n) is 3.23. The summed E-state index contributed by atoms with van der Waals surface area (Å²) < 4.78 is 27.7. The van der Waals surface area contributed by atoms with E-state index >= 15 is 0 Å². The molecule has 4 heteroatoms. The van der Waals surface area contributed by atoms with Crippen molar-refractivity contribution < 1.29 is 8.78 Å². The first-order valence-corrected chi connectivity index (χ1v) is 6.15. The van der Waals surface area contributed by atoms with Crippen molar-refractivity contribution in [3.8, 4) is 0 Å². The third-order valence-corrected chi connectivity index (χ3v) is 4.96. The molecule has 1 saturated carbocycles. The van der Waals surface area contributed by atoms with Crippen LogP contribution in [0.25, 0.3) is 0 Å². The molecule has 1 atom stereocenters. The third kappa shape index (κ3) is 1.67. The van der Waals surface area contributed by atoms with Gasteiger partial charge in [0.15, 0.2) is 0 Å². The van der Waals surface area contributed by atoms with E-state index < -0.39 is 17.7 Å². The Labute approximate surface area is 107 Å². The molecule has 100 valence electrons. The van der Waals surface area contributed by atoms with Crippen LogP contribution in [-0.4, -0.2) is 0 Å². The van der Waals surface area contributed by atoms with Crippen LogP contribution in [0.1, 0.15) is 39.3 Å². The Bertz CT molecular complexity index is 435. The minimum atomic E-state index is -0.545. The molecule has 0 radical (unpaired) electrons. The molecule has 0 aromatic heterocycles. The summed E-state index contributed by atoms with van der Waals surface area (Å²) in [6.07, 6.45) is 0. The van der Waals surface area contributed by atoms with E-state index in [-0.39, 0.29) is 22.3 Å². The highest BCUT2D eigenvalue weighted by atomic mass is 19.1. The predicted octanol–water partition coefficient (Wildman–Crippen LogP) is 3.15. The van der Waals surface area contributed by atoms with Crippen molar-refractivity contribution in [3.05, 3.63) is 35.4 Å². The van der Waals surface area contributed by atoms with Crippen LogP contribution in [0.15, 0.2) is 18.2 Å². The molecule has 0 amide bonds. The molecule has 1 fully saturated rings. The van der Waals surface area contributed by atoms with E-state index in [9.17, 15) is 8.78 Å². The summed E-state index contributed by atoms with van der Waals surface area (Å²) in [4.78, 5) is 0. The Kier molecular flexibility index (Phi) is 2.98. The fraction of sp³-hybridized carbons (Fsp3) is 0.571. The van der Waals surface area contributed by atoms with Gasteiger partial charge >= 0.3 is 0 Å². The SMILES string of the molecule is CC1(C)C(C(NN)c2c(F)cccc2F)C1(C)C. The molecule has 1 aliphatic rings. The second kappa shape index (κ2) is 4.00. The van der Waals surface area contributed by atoms with E-state index in [1.54, 1.807) is 0 Å². The summed E-state index contributed by atoms with van der Waals surface area (Å²) in [6.45, 7) is 8.39. The molecular formula is C14H20F2N2. The lowest BCUT2D eigenvalue weighted by atomic mass is 9.96. The Morgan fingerprint density at radius 1 is 1.11 bits per heavy atom. The zero-order valence-electron chi connectivity index (χ0n) is 11.2. The summed E-state index contributed by atoms with van der Waals surface area (Å²) in [5, 5.41) is 0. The van der Waals surface area contributed by atoms with Crippen LogP contribution < -0.4 is 11.3 Å². The van der Waals surface area contributed by atoms with Gasteiger partial charge in [0.05, 0.1) is 6.04 Å². The molecule has 1 unspecified atom stereocenters. The molecule has 0 aliphatic heterocycles. The number of nitrogens with one attached hydrogen (secondary N) is 1. The number of benzene rings is 1. The van der Waals surface area contributed by atoms with Crippen molar-refractivity contribution in [3.63, 3.8) is 0 Å². The largest absolute Gasteiger partial charge is 0.271 e. The monoisotopic (exact) mass is 254 g/mol. The lowest BCUT2D eigenvalue weighted by Crippen LogP contribution is -2.32. The van der Waals surface area contributed by atoms with Crippen LogP contribution >= 0.6 is 0 Å². The topological polar surface area (TPSA) is 38.0 Å². The lowest BCUT2D eigenvalue weighted by Gasteiger charge is -2.20. The highest BCUT2D eigenvalue weighted by molar-refractivity contribution is 5.29. The van der Waals surface area contributed by atoms with Crippen molar-refractivity contribution in [1.82, 2.24) is 5.43 Å². The van der Waals surface area contributed by atoms with Crippen molar-refractivity contribution in [1.29, 1.82) is 0 Å². The highest BCUT2D eigenvalue weighted by Crippen LogP contribution is 2.72. The summed E-state index contributed by atoms with van der Waals surface area (Å²) >= 11 is 0. The van der Waals surface area contributed by atoms with Gasteiger partial charge in [0.1, 0.15) is 11.6 Å². The quantitative estimate of drug-likeness (QED) is 0.642. The molecule has 0 saturated heterocycles. The molecule has 0 bridgehead atoms. The van der Waals surface area contributed by atoms with Crippen LogP contribution in [0.2, 0.25) is 0 Å². The van der Waals surface area contributed by atoms with E-state index in [0.717, 1.165) is 0 Å². The van der Waals surface area contributed by atoms with Gasteiger partial charge in [-0.05, 0) is 28.9 Å². The summed E-state index contributed by atoms with van der Waals surface area (Å²) in [5.41, 5.74) is 2.64. The normalized spacial score (nSPS) is 22.8. The first-order valence-electron chi connectivity index (χ1n) is 6.15. The van der Waals surface area contributed by atoms with Crippen molar-refractivity contribution in [2.24, 2.45) is 22.6 Å². The van der Waals surface area contributed by atoms with E-state index in [4.69, 9.17) is 5.84 Å². The number of halogens is 2. The summed E-state index contributed by atoms with van der Waals surface area (Å²) in [5.74, 6) is 4.55. The Hall–Kier alpha value is -1.00. The first kappa shape index (κ1) is 13.4. The average Bonchev–Trinajstić information content (AvgIpc) is 2.65. The molecule has 3 N–H and O–H groups in total. The molecular weight excluding hydrogens is 234 g/mol. The van der Waals surface area contributed by atoms with Gasteiger partial charge in [0, 0.05) is 5.56 Å². The Balaban J connectivity index is 2.43. The summed E-state index contributed by atoms with van der Waals surface area (Å²) in [7, 11) is 0. The predicted molar refractivity (Wildman–Crippen MR) is 67.5 cm³/mol. The Morgan fingerprint density at radius 2 is 1.56 bits per heavy atom. The molecule has 1 aromatic carbocycles. The average molecular weight is 254 g/mol. The minimum absolute atomic E-state index is 0.00123. The molecule has 1 aliphatic carbocycles. The van der Waals surface area contributed by atoms with Gasteiger partial charge < -0.3 is 0 Å². The van der Waals surface area contributed by atoms with Gasteiger partial charge in [0.2, 0.25) is 0 Å². The lowest BCUT2D eigenvalue weighted by molar-refractivity contribution is 0.386. The minimum Gasteiger partial charge on any atom is -0.271 e. The Morgan fingerprint density at radius 3 is 1.89 bits per heavy atom. The van der Waals surface area contributed by atoms with Crippen molar-refractivity contribution >= 4 is 0 Å². The molecule has 2 rings (SSSR count). The maximum Gasteiger partial charge on any atom is 0.130 e. The van der Waals surface area contributed by atoms with E-state index in [2.05, 4.69) is 33.1 Å².